The second-order valence-corrected chi connectivity index (χ2v) is 5.62. The molecule has 0 aromatic carbocycles. The lowest BCUT2D eigenvalue weighted by Crippen LogP contribution is -2.41. The zero-order chi connectivity index (χ0) is 13.0. The van der Waals surface area contributed by atoms with E-state index in [1.54, 1.807) is 0 Å². The minimum atomic E-state index is 0.535. The van der Waals surface area contributed by atoms with E-state index in [2.05, 4.69) is 42.0 Å². The quantitative estimate of drug-likeness (QED) is 0.886. The van der Waals surface area contributed by atoms with E-state index in [4.69, 9.17) is 0 Å². The average molecular weight is 247 g/mol. The number of aromatic nitrogens is 1. The highest BCUT2D eigenvalue weighted by Gasteiger charge is 2.20. The van der Waals surface area contributed by atoms with Crippen molar-refractivity contribution in [2.24, 2.45) is 5.92 Å². The van der Waals surface area contributed by atoms with Crippen molar-refractivity contribution in [3.8, 4) is 0 Å². The van der Waals surface area contributed by atoms with Crippen LogP contribution < -0.4 is 10.2 Å². The Morgan fingerprint density at radius 3 is 2.94 bits per heavy atom. The molecule has 1 N–H and O–H groups in total. The summed E-state index contributed by atoms with van der Waals surface area (Å²) < 4.78 is 0. The molecule has 1 aromatic rings. The summed E-state index contributed by atoms with van der Waals surface area (Å²) in [6.45, 7) is 10.2. The predicted octanol–water partition coefficient (Wildman–Crippen LogP) is 2.60. The summed E-state index contributed by atoms with van der Waals surface area (Å²) in [5.74, 6) is 0.772. The first-order valence-electron chi connectivity index (χ1n) is 7.06. The molecule has 1 saturated heterocycles. The van der Waals surface area contributed by atoms with E-state index in [9.17, 15) is 0 Å². The molecule has 1 fully saturated rings. The van der Waals surface area contributed by atoms with Crippen molar-refractivity contribution in [2.75, 3.05) is 24.5 Å². The van der Waals surface area contributed by atoms with E-state index < -0.39 is 0 Å². The number of aryl methyl sites for hydroxylation is 1. The SMILES string of the molecule is Cc1cnccc1N(CC1CCCNC1)C(C)C. The van der Waals surface area contributed by atoms with Gasteiger partial charge in [-0.15, -0.1) is 0 Å². The molecule has 0 saturated carbocycles. The van der Waals surface area contributed by atoms with Crippen LogP contribution in [0.2, 0.25) is 0 Å². The molecule has 1 atom stereocenters. The Labute approximate surface area is 111 Å². The Kier molecular flexibility index (Phi) is 4.59. The lowest BCUT2D eigenvalue weighted by atomic mass is 9.98. The average Bonchev–Trinajstić information content (AvgIpc) is 2.38. The fourth-order valence-corrected chi connectivity index (χ4v) is 2.73. The lowest BCUT2D eigenvalue weighted by Gasteiger charge is -2.35. The lowest BCUT2D eigenvalue weighted by molar-refractivity contribution is 0.371. The number of hydrogen-bond acceptors (Lipinski definition) is 3. The van der Waals surface area contributed by atoms with Crippen LogP contribution in [0, 0.1) is 12.8 Å². The molecule has 0 amide bonds. The summed E-state index contributed by atoms with van der Waals surface area (Å²) in [6, 6.07) is 2.68. The Hall–Kier alpha value is -1.09. The third-order valence-electron chi connectivity index (χ3n) is 3.78. The Morgan fingerprint density at radius 2 is 2.33 bits per heavy atom. The van der Waals surface area contributed by atoms with Crippen molar-refractivity contribution in [3.05, 3.63) is 24.0 Å². The van der Waals surface area contributed by atoms with Gasteiger partial charge in [0.15, 0.2) is 0 Å². The molecule has 3 nitrogen and oxygen atoms in total. The zero-order valence-corrected chi connectivity index (χ0v) is 11.8. The smallest absolute Gasteiger partial charge is 0.0429 e. The topological polar surface area (TPSA) is 28.2 Å². The van der Waals surface area contributed by atoms with Crippen molar-refractivity contribution in [1.82, 2.24) is 10.3 Å². The van der Waals surface area contributed by atoms with Gasteiger partial charge in [-0.05, 0) is 64.3 Å². The number of rotatable bonds is 4. The van der Waals surface area contributed by atoms with E-state index in [0.717, 1.165) is 19.0 Å². The predicted molar refractivity (Wildman–Crippen MR) is 77.0 cm³/mol. The highest BCUT2D eigenvalue weighted by molar-refractivity contribution is 5.52. The molecule has 1 unspecified atom stereocenters. The van der Waals surface area contributed by atoms with Crippen LogP contribution in [0.25, 0.3) is 0 Å². The monoisotopic (exact) mass is 247 g/mol. The highest BCUT2D eigenvalue weighted by atomic mass is 15.2. The molecule has 1 aliphatic heterocycles. The molecule has 2 rings (SSSR count). The fourth-order valence-electron chi connectivity index (χ4n) is 2.73. The molecular formula is C15H25N3. The van der Waals surface area contributed by atoms with Gasteiger partial charge in [-0.1, -0.05) is 0 Å². The normalized spacial score (nSPS) is 20.1. The third kappa shape index (κ3) is 3.22. The molecule has 100 valence electrons. The maximum atomic E-state index is 4.19. The van der Waals surface area contributed by atoms with Gasteiger partial charge in [0.1, 0.15) is 0 Å². The highest BCUT2D eigenvalue weighted by Crippen LogP contribution is 2.23. The minimum absolute atomic E-state index is 0.535. The Morgan fingerprint density at radius 1 is 1.50 bits per heavy atom. The number of piperidine rings is 1. The van der Waals surface area contributed by atoms with Crippen molar-refractivity contribution >= 4 is 5.69 Å². The van der Waals surface area contributed by atoms with Crippen molar-refractivity contribution in [1.29, 1.82) is 0 Å². The van der Waals surface area contributed by atoms with E-state index in [1.165, 1.54) is 30.6 Å². The maximum absolute atomic E-state index is 4.19. The van der Waals surface area contributed by atoms with Gasteiger partial charge >= 0.3 is 0 Å². The van der Waals surface area contributed by atoms with Crippen LogP contribution in [0.5, 0.6) is 0 Å². The first-order valence-corrected chi connectivity index (χ1v) is 7.06. The summed E-state index contributed by atoms with van der Waals surface area (Å²) in [6.07, 6.45) is 6.52. The molecule has 0 radical (unpaired) electrons. The number of nitrogens with zero attached hydrogens (tertiary/aromatic N) is 2. The van der Waals surface area contributed by atoms with Gasteiger partial charge in [0.05, 0.1) is 0 Å². The zero-order valence-electron chi connectivity index (χ0n) is 11.8. The molecule has 1 aliphatic rings. The molecule has 18 heavy (non-hydrogen) atoms. The van der Waals surface area contributed by atoms with Gasteiger partial charge in [-0.3, -0.25) is 4.98 Å². The molecule has 0 aliphatic carbocycles. The molecule has 0 bridgehead atoms. The second kappa shape index (κ2) is 6.19. The summed E-state index contributed by atoms with van der Waals surface area (Å²) in [5, 5.41) is 3.51. The van der Waals surface area contributed by atoms with Crippen LogP contribution in [-0.4, -0.2) is 30.7 Å². The van der Waals surface area contributed by atoms with Crippen LogP contribution >= 0.6 is 0 Å². The van der Waals surface area contributed by atoms with E-state index in [1.807, 2.05) is 12.4 Å². The Balaban J connectivity index is 2.10. The molecule has 2 heterocycles. The minimum Gasteiger partial charge on any atom is -0.368 e. The van der Waals surface area contributed by atoms with Crippen molar-refractivity contribution in [3.63, 3.8) is 0 Å². The third-order valence-corrected chi connectivity index (χ3v) is 3.78. The summed E-state index contributed by atoms with van der Waals surface area (Å²) >= 11 is 0. The van der Waals surface area contributed by atoms with Gasteiger partial charge in [0.2, 0.25) is 0 Å². The van der Waals surface area contributed by atoms with Crippen LogP contribution in [-0.2, 0) is 0 Å². The molecule has 1 aromatic heterocycles. The van der Waals surface area contributed by atoms with Crippen LogP contribution in [0.15, 0.2) is 18.5 Å². The van der Waals surface area contributed by atoms with E-state index in [0.29, 0.717) is 6.04 Å². The van der Waals surface area contributed by atoms with Crippen LogP contribution in [0.3, 0.4) is 0 Å². The van der Waals surface area contributed by atoms with E-state index >= 15 is 0 Å². The van der Waals surface area contributed by atoms with E-state index in [-0.39, 0.29) is 0 Å². The van der Waals surface area contributed by atoms with Crippen molar-refractivity contribution in [2.45, 2.75) is 39.7 Å². The molecule has 3 heteroatoms. The Bertz CT molecular complexity index is 370. The summed E-state index contributed by atoms with van der Waals surface area (Å²) in [7, 11) is 0. The van der Waals surface area contributed by atoms with Gasteiger partial charge < -0.3 is 10.2 Å². The number of hydrogen-bond donors (Lipinski definition) is 1. The second-order valence-electron chi connectivity index (χ2n) is 5.62. The number of pyridine rings is 1. The van der Waals surface area contributed by atoms with Gasteiger partial charge in [0.25, 0.3) is 0 Å². The molecule has 0 spiro atoms. The van der Waals surface area contributed by atoms with Crippen LogP contribution in [0.4, 0.5) is 5.69 Å². The summed E-state index contributed by atoms with van der Waals surface area (Å²) in [4.78, 5) is 6.72. The standard InChI is InChI=1S/C15H25N3/c1-12(2)18(11-14-5-4-7-16-10-14)15-6-8-17-9-13(15)3/h6,8-9,12,14,16H,4-5,7,10-11H2,1-3H3. The number of anilines is 1. The summed E-state index contributed by atoms with van der Waals surface area (Å²) in [5.41, 5.74) is 2.61. The van der Waals surface area contributed by atoms with Crippen LogP contribution in [0.1, 0.15) is 32.3 Å². The number of nitrogens with one attached hydrogen (secondary N) is 1. The van der Waals surface area contributed by atoms with Gasteiger partial charge in [-0.2, -0.15) is 0 Å². The molecular weight excluding hydrogens is 222 g/mol. The largest absolute Gasteiger partial charge is 0.368 e. The first kappa shape index (κ1) is 13.3. The fraction of sp³-hybridized carbons (Fsp3) is 0.667. The van der Waals surface area contributed by atoms with Gasteiger partial charge in [0, 0.05) is 30.7 Å². The maximum Gasteiger partial charge on any atom is 0.0429 e. The first-order chi connectivity index (χ1) is 8.68. The van der Waals surface area contributed by atoms with Gasteiger partial charge in [-0.25, -0.2) is 0 Å². The van der Waals surface area contributed by atoms with Crippen molar-refractivity contribution < 1.29 is 0 Å².